The second-order valence-corrected chi connectivity index (χ2v) is 6.30. The van der Waals surface area contributed by atoms with E-state index in [0.29, 0.717) is 18.9 Å². The van der Waals surface area contributed by atoms with E-state index in [4.69, 9.17) is 14.2 Å². The van der Waals surface area contributed by atoms with Gasteiger partial charge in [0.15, 0.2) is 18.1 Å². The van der Waals surface area contributed by atoms with Gasteiger partial charge in [0.05, 0.1) is 6.54 Å². The number of hydrogen-bond donors (Lipinski definition) is 1. The lowest BCUT2D eigenvalue weighted by molar-refractivity contribution is -0.123. The molecule has 0 radical (unpaired) electrons. The van der Waals surface area contributed by atoms with Crippen molar-refractivity contribution in [1.82, 2.24) is 5.32 Å². The topological polar surface area (TPSA) is 56.8 Å². The van der Waals surface area contributed by atoms with E-state index in [-0.39, 0.29) is 18.6 Å². The number of aryl methyl sites for hydroxylation is 2. The van der Waals surface area contributed by atoms with Gasteiger partial charge >= 0.3 is 0 Å². The Labute approximate surface area is 147 Å². The molecule has 0 spiro atoms. The second-order valence-electron chi connectivity index (χ2n) is 6.30. The van der Waals surface area contributed by atoms with E-state index in [9.17, 15) is 4.79 Å². The predicted octanol–water partition coefficient (Wildman–Crippen LogP) is 2.95. The summed E-state index contributed by atoms with van der Waals surface area (Å²) in [7, 11) is 0. The van der Waals surface area contributed by atoms with Crippen molar-refractivity contribution in [2.45, 2.75) is 26.9 Å². The maximum atomic E-state index is 12.1. The Morgan fingerprint density at radius 3 is 2.76 bits per heavy atom. The molecule has 2 aromatic carbocycles. The predicted molar refractivity (Wildman–Crippen MR) is 95.5 cm³/mol. The zero-order valence-corrected chi connectivity index (χ0v) is 14.8. The van der Waals surface area contributed by atoms with Crippen molar-refractivity contribution in [3.8, 4) is 17.2 Å². The van der Waals surface area contributed by atoms with Crippen molar-refractivity contribution in [3.63, 3.8) is 0 Å². The number of nitrogens with one attached hydrogen (secondary N) is 1. The fourth-order valence-electron chi connectivity index (χ4n) is 2.74. The van der Waals surface area contributed by atoms with E-state index < -0.39 is 0 Å². The third-order valence-corrected chi connectivity index (χ3v) is 4.22. The zero-order chi connectivity index (χ0) is 17.8. The molecule has 1 N–H and O–H groups in total. The molecule has 0 aromatic heterocycles. The quantitative estimate of drug-likeness (QED) is 0.908. The highest BCUT2D eigenvalue weighted by Crippen LogP contribution is 2.30. The van der Waals surface area contributed by atoms with E-state index in [0.717, 1.165) is 28.2 Å². The van der Waals surface area contributed by atoms with Crippen molar-refractivity contribution in [2.75, 3.05) is 19.8 Å². The first kappa shape index (κ1) is 17.1. The van der Waals surface area contributed by atoms with Gasteiger partial charge in [-0.1, -0.05) is 18.2 Å². The molecule has 5 nitrogen and oxygen atoms in total. The summed E-state index contributed by atoms with van der Waals surface area (Å²) in [5.74, 6) is 2.01. The van der Waals surface area contributed by atoms with Crippen LogP contribution in [0, 0.1) is 20.8 Å². The van der Waals surface area contributed by atoms with Gasteiger partial charge in [-0.15, -0.1) is 0 Å². The highest BCUT2D eigenvalue weighted by atomic mass is 16.6. The van der Waals surface area contributed by atoms with Crippen LogP contribution >= 0.6 is 0 Å². The summed E-state index contributed by atoms with van der Waals surface area (Å²) in [5, 5.41) is 2.83. The number of carbonyl (C=O) groups excluding carboxylic acids is 1. The average molecular weight is 341 g/mol. The minimum atomic E-state index is -0.207. The highest BCUT2D eigenvalue weighted by Gasteiger charge is 2.21. The minimum absolute atomic E-state index is 0.0199. The van der Waals surface area contributed by atoms with Crippen LogP contribution in [0.3, 0.4) is 0 Å². The summed E-state index contributed by atoms with van der Waals surface area (Å²) >= 11 is 0. The van der Waals surface area contributed by atoms with Crippen LogP contribution in [-0.4, -0.2) is 31.8 Å². The van der Waals surface area contributed by atoms with E-state index in [1.165, 1.54) is 0 Å². The van der Waals surface area contributed by atoms with E-state index >= 15 is 0 Å². The monoisotopic (exact) mass is 341 g/mol. The van der Waals surface area contributed by atoms with E-state index in [2.05, 4.69) is 11.4 Å². The second kappa shape index (κ2) is 7.47. The molecule has 2 aromatic rings. The van der Waals surface area contributed by atoms with Gasteiger partial charge in [-0.25, -0.2) is 0 Å². The third kappa shape index (κ3) is 4.24. The maximum absolute atomic E-state index is 12.1. The Kier molecular flexibility index (Phi) is 5.12. The molecule has 3 rings (SSSR count). The summed E-state index contributed by atoms with van der Waals surface area (Å²) in [4.78, 5) is 12.1. The fourth-order valence-corrected chi connectivity index (χ4v) is 2.74. The number of hydrogen-bond acceptors (Lipinski definition) is 4. The number of benzene rings is 2. The van der Waals surface area contributed by atoms with Gasteiger partial charge in [0.1, 0.15) is 18.5 Å². The average Bonchev–Trinajstić information content (AvgIpc) is 2.61. The lowest BCUT2D eigenvalue weighted by atomic mass is 10.1. The fraction of sp³-hybridized carbons (Fsp3) is 0.350. The lowest BCUT2D eigenvalue weighted by Gasteiger charge is -2.26. The molecule has 1 heterocycles. The Hall–Kier alpha value is -2.69. The molecule has 1 atom stereocenters. The summed E-state index contributed by atoms with van der Waals surface area (Å²) in [6, 6.07) is 11.6. The first-order chi connectivity index (χ1) is 12.0. The number of fused-ring (bicyclic) bond motifs is 1. The number of rotatable bonds is 5. The SMILES string of the molecule is Cc1cc(C)c(C)c(OCC(=O)NC[C@H]2COc3ccccc3O2)c1. The number of ether oxygens (including phenoxy) is 3. The van der Waals surface area contributed by atoms with Crippen LogP contribution in [0.15, 0.2) is 36.4 Å². The molecule has 0 saturated heterocycles. The maximum Gasteiger partial charge on any atom is 0.258 e. The molecular formula is C20H23NO4. The summed E-state index contributed by atoms with van der Waals surface area (Å²) in [5.41, 5.74) is 3.32. The van der Waals surface area contributed by atoms with Crippen molar-refractivity contribution in [1.29, 1.82) is 0 Å². The first-order valence-electron chi connectivity index (χ1n) is 8.39. The third-order valence-electron chi connectivity index (χ3n) is 4.22. The molecule has 0 bridgehead atoms. The molecule has 1 aliphatic rings. The van der Waals surface area contributed by atoms with E-state index in [1.807, 2.05) is 51.1 Å². The van der Waals surface area contributed by atoms with Crippen LogP contribution < -0.4 is 19.5 Å². The lowest BCUT2D eigenvalue weighted by Crippen LogP contribution is -2.42. The van der Waals surface area contributed by atoms with E-state index in [1.54, 1.807) is 0 Å². The van der Waals surface area contributed by atoms with Crippen LogP contribution in [0.25, 0.3) is 0 Å². The molecule has 5 heteroatoms. The van der Waals surface area contributed by atoms with Gasteiger partial charge < -0.3 is 19.5 Å². The van der Waals surface area contributed by atoms with Gasteiger partial charge in [-0.2, -0.15) is 0 Å². The summed E-state index contributed by atoms with van der Waals surface area (Å²) in [6.45, 7) is 6.81. The normalized spacial score (nSPS) is 15.6. The number of carbonyl (C=O) groups is 1. The van der Waals surface area contributed by atoms with Gasteiger partial charge in [0.2, 0.25) is 0 Å². The Balaban J connectivity index is 1.48. The van der Waals surface area contributed by atoms with Crippen LogP contribution in [0.1, 0.15) is 16.7 Å². The molecule has 1 amide bonds. The van der Waals surface area contributed by atoms with Crippen molar-refractivity contribution in [2.24, 2.45) is 0 Å². The van der Waals surface area contributed by atoms with Crippen LogP contribution in [0.2, 0.25) is 0 Å². The Bertz CT molecular complexity index is 772. The Morgan fingerprint density at radius 1 is 1.20 bits per heavy atom. The molecular weight excluding hydrogens is 318 g/mol. The molecule has 0 saturated carbocycles. The van der Waals surface area contributed by atoms with Crippen molar-refractivity contribution >= 4 is 5.91 Å². The van der Waals surface area contributed by atoms with Gasteiger partial charge in [-0.3, -0.25) is 4.79 Å². The zero-order valence-electron chi connectivity index (χ0n) is 14.8. The van der Waals surface area contributed by atoms with Gasteiger partial charge in [0.25, 0.3) is 5.91 Å². The minimum Gasteiger partial charge on any atom is -0.486 e. The molecule has 0 unspecified atom stereocenters. The van der Waals surface area contributed by atoms with Crippen molar-refractivity contribution in [3.05, 3.63) is 53.1 Å². The molecule has 132 valence electrons. The number of amides is 1. The Morgan fingerprint density at radius 2 is 1.96 bits per heavy atom. The highest BCUT2D eigenvalue weighted by molar-refractivity contribution is 5.77. The largest absolute Gasteiger partial charge is 0.486 e. The molecule has 0 aliphatic carbocycles. The number of para-hydroxylation sites is 2. The van der Waals surface area contributed by atoms with Crippen molar-refractivity contribution < 1.29 is 19.0 Å². The van der Waals surface area contributed by atoms with Crippen LogP contribution in [0.5, 0.6) is 17.2 Å². The van der Waals surface area contributed by atoms with Gasteiger partial charge in [-0.05, 0) is 55.7 Å². The summed E-state index contributed by atoms with van der Waals surface area (Å²) < 4.78 is 17.1. The molecule has 1 aliphatic heterocycles. The standard InChI is InChI=1S/C20H23NO4/c1-13-8-14(2)15(3)19(9-13)24-12-20(22)21-10-16-11-23-17-6-4-5-7-18(17)25-16/h4-9,16H,10-12H2,1-3H3,(H,21,22)/t16-/m0/s1. The smallest absolute Gasteiger partial charge is 0.258 e. The van der Waals surface area contributed by atoms with Crippen LogP contribution in [0.4, 0.5) is 0 Å². The summed E-state index contributed by atoms with van der Waals surface area (Å²) in [6.07, 6.45) is -0.207. The van der Waals surface area contributed by atoms with Crippen LogP contribution in [-0.2, 0) is 4.79 Å². The molecule has 25 heavy (non-hydrogen) atoms. The van der Waals surface area contributed by atoms with Gasteiger partial charge in [0, 0.05) is 0 Å². The molecule has 0 fully saturated rings. The first-order valence-corrected chi connectivity index (χ1v) is 8.39.